The van der Waals surface area contributed by atoms with Gasteiger partial charge in [-0.1, -0.05) is 46.2 Å². The average Bonchev–Trinajstić information content (AvgIpc) is 2.27. The molecule has 0 fully saturated rings. The van der Waals surface area contributed by atoms with Crippen LogP contribution < -0.4 is 5.32 Å². The number of aryl methyl sites for hydroxylation is 1. The molecule has 102 valence electrons. The van der Waals surface area contributed by atoms with Crippen molar-refractivity contribution < 1.29 is 0 Å². The number of aromatic nitrogens is 2. The lowest BCUT2D eigenvalue weighted by molar-refractivity contribution is 0.304. The summed E-state index contributed by atoms with van der Waals surface area (Å²) in [5, 5.41) is 3.90. The van der Waals surface area contributed by atoms with E-state index in [0.29, 0.717) is 22.9 Å². The molecule has 3 nitrogen and oxygen atoms in total. The molecule has 0 radical (unpaired) electrons. The molecule has 0 aliphatic heterocycles. The molecule has 1 aromatic heterocycles. The quantitative estimate of drug-likeness (QED) is 0.793. The van der Waals surface area contributed by atoms with Crippen LogP contribution in [0.25, 0.3) is 0 Å². The molecular formula is C14H24ClN3. The summed E-state index contributed by atoms with van der Waals surface area (Å²) in [7, 11) is 0. The molecule has 0 saturated heterocycles. The van der Waals surface area contributed by atoms with Crippen LogP contribution in [0.5, 0.6) is 0 Å². The molecule has 1 N–H and O–H groups in total. The molecule has 0 aliphatic carbocycles. The van der Waals surface area contributed by atoms with E-state index in [0.717, 1.165) is 24.6 Å². The monoisotopic (exact) mass is 269 g/mol. The van der Waals surface area contributed by atoms with E-state index in [2.05, 4.69) is 43.0 Å². The van der Waals surface area contributed by atoms with Crippen LogP contribution in [-0.2, 0) is 6.42 Å². The van der Waals surface area contributed by atoms with Gasteiger partial charge in [-0.3, -0.25) is 0 Å². The number of nitrogens with zero attached hydrogens (tertiary/aromatic N) is 2. The maximum Gasteiger partial charge on any atom is 0.134 e. The highest BCUT2D eigenvalue weighted by atomic mass is 35.5. The summed E-state index contributed by atoms with van der Waals surface area (Å²) in [6.07, 6.45) is 0.799. The van der Waals surface area contributed by atoms with E-state index in [9.17, 15) is 0 Å². The standard InChI is InChI=1S/C14H24ClN3/c1-6-13-17-12(15)7-14(18-13)16-8-11(9(2)3)10(4)5/h7,9-11H,6,8H2,1-5H3,(H,16,17,18). The van der Waals surface area contributed by atoms with Crippen LogP contribution in [0.3, 0.4) is 0 Å². The minimum Gasteiger partial charge on any atom is -0.370 e. The van der Waals surface area contributed by atoms with Crippen LogP contribution in [0.15, 0.2) is 6.07 Å². The lowest BCUT2D eigenvalue weighted by atomic mass is 9.85. The maximum absolute atomic E-state index is 5.98. The Kier molecular flexibility index (Phi) is 5.86. The van der Waals surface area contributed by atoms with Crippen LogP contribution in [-0.4, -0.2) is 16.5 Å². The first-order chi connectivity index (χ1) is 8.43. The highest BCUT2D eigenvalue weighted by molar-refractivity contribution is 6.29. The molecule has 0 spiro atoms. The van der Waals surface area contributed by atoms with Gasteiger partial charge < -0.3 is 5.32 Å². The largest absolute Gasteiger partial charge is 0.370 e. The van der Waals surface area contributed by atoms with Gasteiger partial charge in [-0.25, -0.2) is 9.97 Å². The highest BCUT2D eigenvalue weighted by Gasteiger charge is 2.17. The van der Waals surface area contributed by atoms with Crippen molar-refractivity contribution in [1.29, 1.82) is 0 Å². The third kappa shape index (κ3) is 4.45. The topological polar surface area (TPSA) is 37.8 Å². The van der Waals surface area contributed by atoms with Crippen molar-refractivity contribution in [1.82, 2.24) is 9.97 Å². The molecule has 4 heteroatoms. The molecule has 1 rings (SSSR count). The van der Waals surface area contributed by atoms with E-state index in [1.807, 2.05) is 6.92 Å². The predicted molar refractivity (Wildman–Crippen MR) is 78.1 cm³/mol. The Balaban J connectivity index is 2.70. The van der Waals surface area contributed by atoms with Crippen LogP contribution in [0.4, 0.5) is 5.82 Å². The number of anilines is 1. The molecule has 0 aromatic carbocycles. The summed E-state index contributed by atoms with van der Waals surface area (Å²) in [5.41, 5.74) is 0. The van der Waals surface area contributed by atoms with Gasteiger partial charge >= 0.3 is 0 Å². The van der Waals surface area contributed by atoms with Crippen molar-refractivity contribution >= 4 is 17.4 Å². The normalized spacial score (nSPS) is 11.6. The van der Waals surface area contributed by atoms with Crippen LogP contribution in [0.1, 0.15) is 40.4 Å². The van der Waals surface area contributed by atoms with E-state index in [4.69, 9.17) is 11.6 Å². The zero-order valence-corrected chi connectivity index (χ0v) is 12.8. The van der Waals surface area contributed by atoms with Gasteiger partial charge in [-0.15, -0.1) is 0 Å². The zero-order chi connectivity index (χ0) is 13.7. The van der Waals surface area contributed by atoms with Crippen LogP contribution in [0.2, 0.25) is 5.15 Å². The number of hydrogen-bond donors (Lipinski definition) is 1. The summed E-state index contributed by atoms with van der Waals surface area (Å²) >= 11 is 5.98. The highest BCUT2D eigenvalue weighted by Crippen LogP contribution is 2.21. The van der Waals surface area contributed by atoms with Crippen molar-refractivity contribution in [2.24, 2.45) is 17.8 Å². The first-order valence-corrected chi connectivity index (χ1v) is 7.09. The summed E-state index contributed by atoms with van der Waals surface area (Å²) in [6, 6.07) is 1.79. The van der Waals surface area contributed by atoms with Crippen molar-refractivity contribution in [2.45, 2.75) is 41.0 Å². The number of hydrogen-bond acceptors (Lipinski definition) is 3. The van der Waals surface area contributed by atoms with Crippen molar-refractivity contribution in [3.05, 3.63) is 17.0 Å². The van der Waals surface area contributed by atoms with Gasteiger partial charge in [0.1, 0.15) is 16.8 Å². The first kappa shape index (κ1) is 15.2. The molecule has 0 bridgehead atoms. The van der Waals surface area contributed by atoms with Gasteiger partial charge in [0, 0.05) is 19.0 Å². The number of nitrogens with one attached hydrogen (secondary N) is 1. The Hall–Kier alpha value is -0.830. The lowest BCUT2D eigenvalue weighted by Gasteiger charge is -2.25. The molecule has 0 unspecified atom stereocenters. The third-order valence-electron chi connectivity index (χ3n) is 3.29. The molecule has 1 aromatic rings. The van der Waals surface area contributed by atoms with Gasteiger partial charge in [0.05, 0.1) is 0 Å². The third-order valence-corrected chi connectivity index (χ3v) is 3.48. The van der Waals surface area contributed by atoms with E-state index in [-0.39, 0.29) is 0 Å². The van der Waals surface area contributed by atoms with E-state index in [1.54, 1.807) is 6.07 Å². The second-order valence-electron chi connectivity index (χ2n) is 5.38. The minimum atomic E-state index is 0.509. The van der Waals surface area contributed by atoms with E-state index < -0.39 is 0 Å². The van der Waals surface area contributed by atoms with Gasteiger partial charge in [0.2, 0.25) is 0 Å². The molecule has 0 aliphatic rings. The maximum atomic E-state index is 5.98. The molecule has 18 heavy (non-hydrogen) atoms. The Bertz CT molecular complexity index is 369. The predicted octanol–water partition coefficient (Wildman–Crippen LogP) is 4.03. The van der Waals surface area contributed by atoms with Crippen molar-refractivity contribution in [3.8, 4) is 0 Å². The number of rotatable bonds is 6. The fourth-order valence-corrected chi connectivity index (χ4v) is 2.38. The Morgan fingerprint density at radius 3 is 2.28 bits per heavy atom. The summed E-state index contributed by atoms with van der Waals surface area (Å²) < 4.78 is 0. The summed E-state index contributed by atoms with van der Waals surface area (Å²) in [5.74, 6) is 3.55. The van der Waals surface area contributed by atoms with Gasteiger partial charge in [0.25, 0.3) is 0 Å². The van der Waals surface area contributed by atoms with Crippen molar-refractivity contribution in [3.63, 3.8) is 0 Å². The molecule has 1 heterocycles. The summed E-state index contributed by atoms with van der Waals surface area (Å²) in [6.45, 7) is 12.0. The SMILES string of the molecule is CCc1nc(Cl)cc(NCC(C(C)C)C(C)C)n1. The van der Waals surface area contributed by atoms with Gasteiger partial charge in [-0.2, -0.15) is 0 Å². The minimum absolute atomic E-state index is 0.509. The first-order valence-electron chi connectivity index (χ1n) is 6.71. The second-order valence-corrected chi connectivity index (χ2v) is 5.77. The molecule has 0 amide bonds. The fraction of sp³-hybridized carbons (Fsp3) is 0.714. The molecular weight excluding hydrogens is 246 g/mol. The Morgan fingerprint density at radius 2 is 1.78 bits per heavy atom. The van der Waals surface area contributed by atoms with E-state index in [1.165, 1.54) is 0 Å². The Labute approximate surface area is 115 Å². The molecule has 0 atom stereocenters. The Morgan fingerprint density at radius 1 is 1.17 bits per heavy atom. The van der Waals surface area contributed by atoms with Crippen molar-refractivity contribution in [2.75, 3.05) is 11.9 Å². The zero-order valence-electron chi connectivity index (χ0n) is 12.0. The average molecular weight is 270 g/mol. The van der Waals surface area contributed by atoms with Crippen LogP contribution in [0, 0.1) is 17.8 Å². The summed E-state index contributed by atoms with van der Waals surface area (Å²) in [4.78, 5) is 8.60. The smallest absolute Gasteiger partial charge is 0.134 e. The van der Waals surface area contributed by atoms with E-state index >= 15 is 0 Å². The fourth-order valence-electron chi connectivity index (χ4n) is 2.18. The second kappa shape index (κ2) is 6.93. The molecule has 0 saturated carbocycles. The number of halogens is 1. The lowest BCUT2D eigenvalue weighted by Crippen LogP contribution is -2.25. The van der Waals surface area contributed by atoms with Crippen LogP contribution >= 0.6 is 11.6 Å². The van der Waals surface area contributed by atoms with Gasteiger partial charge in [0.15, 0.2) is 0 Å². The van der Waals surface area contributed by atoms with Gasteiger partial charge in [-0.05, 0) is 17.8 Å².